The fourth-order valence-electron chi connectivity index (χ4n) is 11.2. The highest BCUT2D eigenvalue weighted by Crippen LogP contribution is 2.29. The molecule has 0 aromatic heterocycles. The largest absolute Gasteiger partial charge is 0.375 e. The minimum Gasteiger partial charge on any atom is -0.375 e. The molecular formula is C61H108N10O12. The van der Waals surface area contributed by atoms with E-state index in [1.807, 2.05) is 62.3 Å². The van der Waals surface area contributed by atoms with E-state index in [4.69, 9.17) is 4.74 Å². The van der Waals surface area contributed by atoms with E-state index < -0.39 is 150 Å². The van der Waals surface area contributed by atoms with Crippen molar-refractivity contribution in [2.75, 3.05) is 62.5 Å². The van der Waals surface area contributed by atoms with Crippen LogP contribution in [0.15, 0.2) is 0 Å². The van der Waals surface area contributed by atoms with Crippen LogP contribution in [0.5, 0.6) is 0 Å². The van der Waals surface area contributed by atoms with Crippen molar-refractivity contribution in [3.05, 3.63) is 0 Å². The molecule has 83 heavy (non-hydrogen) atoms. The van der Waals surface area contributed by atoms with Crippen LogP contribution in [0.4, 0.5) is 0 Å². The first-order chi connectivity index (χ1) is 38.3. The van der Waals surface area contributed by atoms with E-state index in [1.54, 1.807) is 41.5 Å². The van der Waals surface area contributed by atoms with Gasteiger partial charge in [0.2, 0.25) is 59.1 Å². The van der Waals surface area contributed by atoms with Crippen LogP contribution in [0.25, 0.3) is 0 Å². The van der Waals surface area contributed by atoms with Crippen LogP contribution in [0.3, 0.4) is 0 Å². The summed E-state index contributed by atoms with van der Waals surface area (Å²) < 4.78 is 6.16. The van der Waals surface area contributed by atoms with E-state index >= 15 is 9.59 Å². The molecule has 2 rings (SSSR count). The van der Waals surface area contributed by atoms with Gasteiger partial charge in [0.15, 0.2) is 5.78 Å². The van der Waals surface area contributed by atoms with Crippen molar-refractivity contribution in [3.63, 3.8) is 0 Å². The Balaban J connectivity index is 2.92. The molecule has 0 aromatic rings. The summed E-state index contributed by atoms with van der Waals surface area (Å²) in [6.45, 7) is 28.6. The Morgan fingerprint density at radius 3 is 1.37 bits per heavy atom. The molecule has 22 heteroatoms. The lowest BCUT2D eigenvalue weighted by molar-refractivity contribution is -0.157. The smallest absolute Gasteiger partial charge is 0.246 e. The average molecular weight is 1170 g/mol. The monoisotopic (exact) mass is 1170 g/mol. The third-order valence-electron chi connectivity index (χ3n) is 16.5. The summed E-state index contributed by atoms with van der Waals surface area (Å²) in [5.41, 5.74) is 0. The molecule has 0 aromatic carbocycles. The molecule has 0 aliphatic carbocycles. The van der Waals surface area contributed by atoms with Crippen LogP contribution in [0, 0.1) is 47.3 Å². The fraction of sp³-hybridized carbons (Fsp3) is 0.820. The fourth-order valence-corrected chi connectivity index (χ4v) is 11.2. The molecule has 2 aliphatic heterocycles. The summed E-state index contributed by atoms with van der Waals surface area (Å²) in [4.78, 5) is 169. The van der Waals surface area contributed by atoms with E-state index in [2.05, 4.69) is 16.0 Å². The second-order valence-corrected chi connectivity index (χ2v) is 26.3. The summed E-state index contributed by atoms with van der Waals surface area (Å²) in [7, 11) is 10.3. The van der Waals surface area contributed by atoms with E-state index in [9.17, 15) is 43.2 Å². The van der Waals surface area contributed by atoms with E-state index in [0.29, 0.717) is 13.0 Å². The zero-order valence-electron chi connectivity index (χ0n) is 54.8. The number of Topliss-reactive ketones (excluding diaryl/α,β-unsaturated/α-hetero) is 1. The van der Waals surface area contributed by atoms with Crippen molar-refractivity contribution >= 4 is 64.9 Å². The molecule has 3 N–H and O–H groups in total. The van der Waals surface area contributed by atoms with Crippen molar-refractivity contribution in [2.24, 2.45) is 47.3 Å². The molecular weight excluding hydrogens is 1060 g/mol. The Labute approximate surface area is 496 Å². The average Bonchev–Trinajstić information content (AvgIpc) is 3.71. The molecule has 2 aliphatic rings. The highest BCUT2D eigenvalue weighted by atomic mass is 16.5. The molecule has 0 spiro atoms. The molecule has 10 amide bonds. The summed E-state index contributed by atoms with van der Waals surface area (Å²) in [6.07, 6.45) is 0.340. The number of hydrogen-bond acceptors (Lipinski definition) is 12. The van der Waals surface area contributed by atoms with Gasteiger partial charge in [0.05, 0.1) is 18.7 Å². The zero-order valence-corrected chi connectivity index (χ0v) is 54.8. The minimum absolute atomic E-state index is 0.0923. The highest BCUT2D eigenvalue weighted by molar-refractivity contribution is 5.99. The van der Waals surface area contributed by atoms with Gasteiger partial charge in [-0.2, -0.15) is 0 Å². The molecule has 2 saturated heterocycles. The Morgan fingerprint density at radius 2 is 0.928 bits per heavy atom. The van der Waals surface area contributed by atoms with Gasteiger partial charge in [0.1, 0.15) is 48.3 Å². The second-order valence-electron chi connectivity index (χ2n) is 26.3. The molecule has 474 valence electrons. The summed E-state index contributed by atoms with van der Waals surface area (Å²) in [5.74, 6) is -8.99. The molecule has 0 unspecified atom stereocenters. The normalized spacial score (nSPS) is 29.2. The van der Waals surface area contributed by atoms with Crippen LogP contribution in [-0.2, 0) is 57.5 Å². The number of amides is 10. The van der Waals surface area contributed by atoms with Gasteiger partial charge in [-0.1, -0.05) is 104 Å². The van der Waals surface area contributed by atoms with Crippen LogP contribution < -0.4 is 16.0 Å². The van der Waals surface area contributed by atoms with Crippen LogP contribution in [0.2, 0.25) is 0 Å². The number of carbonyl (C=O) groups is 11. The number of rotatable bonds is 12. The predicted octanol–water partition coefficient (Wildman–Crippen LogP) is 3.82. The van der Waals surface area contributed by atoms with Gasteiger partial charge in [0.25, 0.3) is 0 Å². The van der Waals surface area contributed by atoms with E-state index in [0.717, 1.165) is 4.90 Å². The lowest BCUT2D eigenvalue weighted by Gasteiger charge is -2.41. The van der Waals surface area contributed by atoms with Gasteiger partial charge in [-0.05, 0) is 86.9 Å². The van der Waals surface area contributed by atoms with Crippen LogP contribution in [0.1, 0.15) is 156 Å². The van der Waals surface area contributed by atoms with Crippen molar-refractivity contribution < 1.29 is 57.5 Å². The van der Waals surface area contributed by atoms with Gasteiger partial charge in [-0.25, -0.2) is 0 Å². The SMILES string of the molecule is CC[C@H]1NC(=O)[C@@H]([C@@H]2OCC[C@H]2C)N(C)C(=O)[C@@H](C(C)C)N(C)C(=O)[C@@H](CC(C)C)N(C)C(=O)[C@@H](CC(C)C)N(C)C(=O)[C@H](C)CC(=O)[C@@H](C)NC(=O)[C@@H](CC(C)C)N(C)C(=O)[C@@H](C(C)C)NC(=O)[C@H](CC(C)C)N(C)C(=O)CN(C)C1=O. The summed E-state index contributed by atoms with van der Waals surface area (Å²) >= 11 is 0. The first-order valence-corrected chi connectivity index (χ1v) is 30.2. The number of ketones is 1. The summed E-state index contributed by atoms with van der Waals surface area (Å²) in [6, 6.07) is -10.2. The summed E-state index contributed by atoms with van der Waals surface area (Å²) in [5, 5.41) is 8.50. The number of nitrogens with zero attached hydrogens (tertiary/aromatic N) is 7. The van der Waals surface area contributed by atoms with E-state index in [-0.39, 0.29) is 68.1 Å². The first-order valence-electron chi connectivity index (χ1n) is 30.2. The molecule has 22 nitrogen and oxygen atoms in total. The molecule has 2 fully saturated rings. The molecule has 0 radical (unpaired) electrons. The molecule has 2 heterocycles. The highest BCUT2D eigenvalue weighted by Gasteiger charge is 2.47. The lowest BCUT2D eigenvalue weighted by Crippen LogP contribution is -2.63. The van der Waals surface area contributed by atoms with Crippen molar-refractivity contribution in [3.8, 4) is 0 Å². The van der Waals surface area contributed by atoms with Crippen LogP contribution in [-0.4, -0.2) is 222 Å². The molecule has 12 atom stereocenters. The topological polar surface area (TPSA) is 256 Å². The minimum atomic E-state index is -1.28. The number of hydrogen-bond donors (Lipinski definition) is 3. The third kappa shape index (κ3) is 19.7. The maximum absolute atomic E-state index is 15.1. The Kier molecular flexibility index (Phi) is 28.8. The van der Waals surface area contributed by atoms with E-state index in [1.165, 1.54) is 85.7 Å². The quantitative estimate of drug-likeness (QED) is 0.252. The van der Waals surface area contributed by atoms with Gasteiger partial charge in [-0.15, -0.1) is 0 Å². The number of ether oxygens (including phenoxy) is 1. The lowest BCUT2D eigenvalue weighted by atomic mass is 9.93. The zero-order chi connectivity index (χ0) is 64.0. The molecule has 0 bridgehead atoms. The Morgan fingerprint density at radius 1 is 0.482 bits per heavy atom. The third-order valence-corrected chi connectivity index (χ3v) is 16.5. The first kappa shape index (κ1) is 73.4. The van der Waals surface area contributed by atoms with Gasteiger partial charge in [0, 0.05) is 68.3 Å². The van der Waals surface area contributed by atoms with Gasteiger partial charge in [-0.3, -0.25) is 52.7 Å². The predicted molar refractivity (Wildman–Crippen MR) is 319 cm³/mol. The van der Waals surface area contributed by atoms with Crippen molar-refractivity contribution in [1.82, 2.24) is 50.2 Å². The Bertz CT molecular complexity index is 2270. The van der Waals surface area contributed by atoms with Gasteiger partial charge >= 0.3 is 0 Å². The Hall–Kier alpha value is -5.67. The number of nitrogens with one attached hydrogen (secondary N) is 3. The van der Waals surface area contributed by atoms with Gasteiger partial charge < -0.3 is 55.0 Å². The van der Waals surface area contributed by atoms with Crippen molar-refractivity contribution in [2.45, 2.75) is 216 Å². The second kappa shape index (κ2) is 32.6. The number of likely N-dealkylation sites (N-methyl/N-ethyl adjacent to an activating group) is 7. The maximum atomic E-state index is 15.1. The molecule has 0 saturated carbocycles. The van der Waals surface area contributed by atoms with Crippen molar-refractivity contribution in [1.29, 1.82) is 0 Å². The maximum Gasteiger partial charge on any atom is 0.246 e. The van der Waals surface area contributed by atoms with Crippen LogP contribution >= 0.6 is 0 Å². The number of carbonyl (C=O) groups excluding carboxylic acids is 11. The standard InChI is InChI=1S/C61H108N10O12/c1-24-42-57(78)65(17)32-48(73)66(18)43(27-33(2)3)54(75)64-49(37(10)11)60(81)67(19)44(28-34(4)5)53(74)62-41(16)47(72)31-40(15)56(77)68(20)45(29-35(6)7)58(79)69(21)46(30-36(8)9)59(80)70(22)50(38(12)13)61(82)71(23)51(55(76)63-42)52-39(14)25-26-83-52/h33-46,49-52H,24-32H2,1-23H3,(H,62,74)(H,63,76)(H,64,75)/t39-,40-,41-,42-,43+,44-,45-,46-,49-,50-,51-,52-/m1/s1.